The van der Waals surface area contributed by atoms with Crippen molar-refractivity contribution in [2.24, 2.45) is 5.73 Å². The lowest BCUT2D eigenvalue weighted by molar-refractivity contribution is -0.139. The number of ether oxygens (including phenoxy) is 1. The van der Waals surface area contributed by atoms with Crippen molar-refractivity contribution in [2.45, 2.75) is 12.5 Å². The average Bonchev–Trinajstić information content (AvgIpc) is 2.15. The second kappa shape index (κ2) is 6.40. The molecule has 1 atom stereocenters. The minimum atomic E-state index is -0.594. The third-order valence-electron chi connectivity index (χ3n) is 1.71. The van der Waals surface area contributed by atoms with Crippen LogP contribution in [0.15, 0.2) is 0 Å². The first kappa shape index (κ1) is 11.9. The Morgan fingerprint density at radius 1 is 1.77 bits per heavy atom. The van der Waals surface area contributed by atoms with E-state index in [2.05, 4.69) is 0 Å². The zero-order chi connectivity index (χ0) is 10.3. The highest BCUT2D eigenvalue weighted by Gasteiger charge is 2.19. The monoisotopic (exact) mass is 185 g/mol. The second-order valence-corrected chi connectivity index (χ2v) is 2.63. The molecule has 0 saturated carbocycles. The molecule has 74 valence electrons. The third-order valence-corrected chi connectivity index (χ3v) is 1.71. The van der Waals surface area contributed by atoms with Gasteiger partial charge in [0.2, 0.25) is 0 Å². The molecule has 5 nitrogen and oxygen atoms in total. The van der Waals surface area contributed by atoms with Gasteiger partial charge in [-0.05, 0) is 0 Å². The summed E-state index contributed by atoms with van der Waals surface area (Å²) in [7, 11) is 3.06. The molecule has 5 heteroatoms. The molecule has 2 N–H and O–H groups in total. The van der Waals surface area contributed by atoms with E-state index in [0.29, 0.717) is 13.0 Å². The quantitative estimate of drug-likeness (QED) is 0.616. The summed E-state index contributed by atoms with van der Waals surface area (Å²) in [6.45, 7) is 0.571. The summed E-state index contributed by atoms with van der Waals surface area (Å²) >= 11 is 0. The number of likely N-dealkylation sites (N-methyl/N-ethyl adjacent to an activating group) is 1. The number of hydrogen-bond acceptors (Lipinski definition) is 4. The van der Waals surface area contributed by atoms with Crippen LogP contribution in [0.3, 0.4) is 0 Å². The number of carbonyl (C=O) groups excluding carboxylic acids is 1. The Kier molecular flexibility index (Phi) is 5.85. The Labute approximate surface area is 78.1 Å². The first-order valence-electron chi connectivity index (χ1n) is 4.02. The first-order chi connectivity index (χ1) is 6.17. The maximum absolute atomic E-state index is 11.4. The predicted molar refractivity (Wildman–Crippen MR) is 47.7 cm³/mol. The van der Waals surface area contributed by atoms with E-state index < -0.39 is 6.10 Å². The van der Waals surface area contributed by atoms with Gasteiger partial charge in [0.05, 0.1) is 12.5 Å². The summed E-state index contributed by atoms with van der Waals surface area (Å²) in [4.78, 5) is 12.9. The van der Waals surface area contributed by atoms with Gasteiger partial charge in [-0.15, -0.1) is 0 Å². The van der Waals surface area contributed by atoms with Crippen molar-refractivity contribution < 1.29 is 9.53 Å². The van der Waals surface area contributed by atoms with Crippen molar-refractivity contribution in [3.8, 4) is 6.07 Å². The summed E-state index contributed by atoms with van der Waals surface area (Å²) in [6.07, 6.45) is -0.271. The number of nitriles is 1. The van der Waals surface area contributed by atoms with Crippen LogP contribution in [0, 0.1) is 11.3 Å². The van der Waals surface area contributed by atoms with Crippen molar-refractivity contribution >= 4 is 5.91 Å². The standard InChI is InChI=1S/C8H15N3O2/c1-11(5-3-4-9)8(12)7(6-10)13-2/h7H,3,5-6,10H2,1-2H3. The molecule has 0 aliphatic rings. The number of carbonyl (C=O) groups is 1. The number of rotatable bonds is 5. The molecule has 0 aliphatic heterocycles. The Balaban J connectivity index is 4.00. The largest absolute Gasteiger partial charge is 0.370 e. The molecule has 0 aromatic rings. The molecular formula is C8H15N3O2. The van der Waals surface area contributed by atoms with E-state index in [4.69, 9.17) is 15.7 Å². The van der Waals surface area contributed by atoms with E-state index >= 15 is 0 Å². The number of nitrogens with two attached hydrogens (primary N) is 1. The average molecular weight is 185 g/mol. The summed E-state index contributed by atoms with van der Waals surface area (Å²) in [5.74, 6) is -0.180. The fraction of sp³-hybridized carbons (Fsp3) is 0.750. The van der Waals surface area contributed by atoms with Gasteiger partial charge >= 0.3 is 0 Å². The molecule has 0 aromatic heterocycles. The minimum absolute atomic E-state index is 0.159. The van der Waals surface area contributed by atoms with Gasteiger partial charge < -0.3 is 15.4 Å². The summed E-state index contributed by atoms with van der Waals surface area (Å²) in [5.41, 5.74) is 5.31. The molecule has 0 radical (unpaired) electrons. The maximum atomic E-state index is 11.4. The van der Waals surface area contributed by atoms with Crippen LogP contribution >= 0.6 is 0 Å². The lowest BCUT2D eigenvalue weighted by atomic mass is 10.3. The van der Waals surface area contributed by atoms with Crippen LogP contribution in [0.4, 0.5) is 0 Å². The lowest BCUT2D eigenvalue weighted by Crippen LogP contribution is -2.42. The van der Waals surface area contributed by atoms with Gasteiger partial charge in [-0.25, -0.2) is 0 Å². The SMILES string of the molecule is COC(CN)C(=O)N(C)CCC#N. The molecule has 0 bridgehead atoms. The number of amides is 1. The van der Waals surface area contributed by atoms with Crippen LogP contribution in [0.1, 0.15) is 6.42 Å². The van der Waals surface area contributed by atoms with E-state index in [-0.39, 0.29) is 12.5 Å². The zero-order valence-electron chi connectivity index (χ0n) is 7.99. The zero-order valence-corrected chi connectivity index (χ0v) is 7.99. The van der Waals surface area contributed by atoms with Crippen LogP contribution in [0.5, 0.6) is 0 Å². The van der Waals surface area contributed by atoms with Crippen LogP contribution in [-0.2, 0) is 9.53 Å². The predicted octanol–water partition coefficient (Wildman–Crippen LogP) is -0.668. The molecule has 0 spiro atoms. The molecule has 1 amide bonds. The van der Waals surface area contributed by atoms with E-state index in [0.717, 1.165) is 0 Å². The van der Waals surface area contributed by atoms with Crippen LogP contribution in [0.25, 0.3) is 0 Å². The van der Waals surface area contributed by atoms with E-state index in [1.165, 1.54) is 12.0 Å². The Morgan fingerprint density at radius 3 is 2.77 bits per heavy atom. The van der Waals surface area contributed by atoms with Gasteiger partial charge in [0.1, 0.15) is 6.10 Å². The molecule has 1 unspecified atom stereocenters. The van der Waals surface area contributed by atoms with Crippen LogP contribution in [-0.4, -0.2) is 44.2 Å². The van der Waals surface area contributed by atoms with Crippen molar-refractivity contribution in [1.82, 2.24) is 4.90 Å². The number of nitrogens with zero attached hydrogens (tertiary/aromatic N) is 2. The fourth-order valence-corrected chi connectivity index (χ4v) is 0.872. The van der Waals surface area contributed by atoms with Gasteiger partial charge in [0.25, 0.3) is 5.91 Å². The van der Waals surface area contributed by atoms with Gasteiger partial charge in [-0.1, -0.05) is 0 Å². The van der Waals surface area contributed by atoms with Crippen molar-refractivity contribution in [3.05, 3.63) is 0 Å². The normalized spacial score (nSPS) is 11.8. The highest BCUT2D eigenvalue weighted by Crippen LogP contribution is 1.96. The lowest BCUT2D eigenvalue weighted by Gasteiger charge is -2.20. The van der Waals surface area contributed by atoms with Crippen molar-refractivity contribution in [2.75, 3.05) is 27.2 Å². The fourth-order valence-electron chi connectivity index (χ4n) is 0.872. The van der Waals surface area contributed by atoms with E-state index in [1.54, 1.807) is 7.05 Å². The van der Waals surface area contributed by atoms with Crippen molar-refractivity contribution in [3.63, 3.8) is 0 Å². The summed E-state index contributed by atoms with van der Waals surface area (Å²) in [5, 5.41) is 8.31. The Morgan fingerprint density at radius 2 is 2.38 bits per heavy atom. The van der Waals surface area contributed by atoms with Gasteiger partial charge in [-0.2, -0.15) is 5.26 Å². The van der Waals surface area contributed by atoms with Gasteiger partial charge in [0.15, 0.2) is 0 Å². The molecule has 0 saturated heterocycles. The molecular weight excluding hydrogens is 170 g/mol. The third kappa shape index (κ3) is 3.87. The Bertz CT molecular complexity index is 196. The molecule has 0 rings (SSSR count). The maximum Gasteiger partial charge on any atom is 0.252 e. The van der Waals surface area contributed by atoms with Gasteiger partial charge in [0, 0.05) is 27.2 Å². The second-order valence-electron chi connectivity index (χ2n) is 2.63. The number of methoxy groups -OCH3 is 1. The first-order valence-corrected chi connectivity index (χ1v) is 4.02. The molecule has 0 fully saturated rings. The van der Waals surface area contributed by atoms with Gasteiger partial charge in [-0.3, -0.25) is 4.79 Å². The smallest absolute Gasteiger partial charge is 0.252 e. The highest BCUT2D eigenvalue weighted by molar-refractivity contribution is 5.80. The molecule has 13 heavy (non-hydrogen) atoms. The minimum Gasteiger partial charge on any atom is -0.370 e. The number of hydrogen-bond donors (Lipinski definition) is 1. The van der Waals surface area contributed by atoms with E-state index in [1.807, 2.05) is 6.07 Å². The molecule has 0 heterocycles. The van der Waals surface area contributed by atoms with E-state index in [9.17, 15) is 4.79 Å². The molecule has 0 aliphatic carbocycles. The summed E-state index contributed by atoms with van der Waals surface area (Å²) < 4.78 is 4.86. The van der Waals surface area contributed by atoms with Crippen LogP contribution < -0.4 is 5.73 Å². The van der Waals surface area contributed by atoms with Crippen molar-refractivity contribution in [1.29, 1.82) is 5.26 Å². The molecule has 0 aromatic carbocycles. The van der Waals surface area contributed by atoms with Crippen LogP contribution in [0.2, 0.25) is 0 Å². The Hall–Kier alpha value is -1.12. The topological polar surface area (TPSA) is 79.3 Å². The summed E-state index contributed by atoms with van der Waals surface area (Å²) in [6, 6.07) is 1.96. The highest BCUT2D eigenvalue weighted by atomic mass is 16.5.